The van der Waals surface area contributed by atoms with E-state index in [0.29, 0.717) is 4.88 Å². The molecule has 0 unspecified atom stereocenters. The van der Waals surface area contributed by atoms with Crippen LogP contribution in [0.15, 0.2) is 42.5 Å². The highest BCUT2D eigenvalue weighted by Crippen LogP contribution is 2.39. The lowest BCUT2D eigenvalue weighted by atomic mass is 10.2. The quantitative estimate of drug-likeness (QED) is 0.376. The van der Waals surface area contributed by atoms with Gasteiger partial charge in [0, 0.05) is 14.8 Å². The Balaban J connectivity index is 1.57. The fourth-order valence-electron chi connectivity index (χ4n) is 2.42. The molecule has 0 bridgehead atoms. The lowest BCUT2D eigenvalue weighted by molar-refractivity contribution is 0.0966. The van der Waals surface area contributed by atoms with Gasteiger partial charge in [0.15, 0.2) is 17.5 Å². The molecule has 126 valence electrons. The number of carbonyl (C=O) groups is 1. The number of rotatable bonds is 3. The zero-order valence-corrected chi connectivity index (χ0v) is 14.0. The normalized spacial score (nSPS) is 11.2. The van der Waals surface area contributed by atoms with Gasteiger partial charge in [0.25, 0.3) is 5.91 Å². The Bertz CT molecular complexity index is 1120. The molecule has 0 atom stereocenters. The second-order valence-corrected chi connectivity index (χ2v) is 7.34. The Labute approximate surface area is 147 Å². The predicted molar refractivity (Wildman–Crippen MR) is 94.6 cm³/mol. The maximum atomic E-state index is 13.6. The van der Waals surface area contributed by atoms with E-state index >= 15 is 0 Å². The van der Waals surface area contributed by atoms with Crippen molar-refractivity contribution in [1.29, 1.82) is 0 Å². The maximum absolute atomic E-state index is 13.6. The number of hydrogen-bond acceptors (Lipinski definition) is 4. The van der Waals surface area contributed by atoms with Gasteiger partial charge in [0.05, 0.1) is 15.3 Å². The lowest BCUT2D eigenvalue weighted by Crippen LogP contribution is -2.29. The average Bonchev–Trinajstić information content (AvgIpc) is 3.17. The van der Waals surface area contributed by atoms with Gasteiger partial charge in [-0.15, -0.1) is 22.7 Å². The Hall–Kier alpha value is -2.58. The first-order chi connectivity index (χ1) is 12.0. The van der Waals surface area contributed by atoms with E-state index < -0.39 is 23.4 Å². The molecule has 25 heavy (non-hydrogen) atoms. The number of hydrazine groups is 1. The summed E-state index contributed by atoms with van der Waals surface area (Å²) in [5.41, 5.74) is 4.23. The van der Waals surface area contributed by atoms with Crippen LogP contribution in [0.2, 0.25) is 0 Å². The van der Waals surface area contributed by atoms with Crippen molar-refractivity contribution in [3.8, 4) is 0 Å². The number of anilines is 1. The zero-order valence-electron chi connectivity index (χ0n) is 12.4. The van der Waals surface area contributed by atoms with Crippen molar-refractivity contribution in [3.05, 3.63) is 64.8 Å². The maximum Gasteiger partial charge on any atom is 0.279 e. The van der Waals surface area contributed by atoms with Gasteiger partial charge in [-0.25, -0.2) is 13.2 Å². The van der Waals surface area contributed by atoms with Crippen LogP contribution in [0.5, 0.6) is 0 Å². The third-order valence-electron chi connectivity index (χ3n) is 3.62. The van der Waals surface area contributed by atoms with E-state index in [9.17, 15) is 18.0 Å². The molecule has 2 N–H and O–H groups in total. The SMILES string of the molecule is O=C(NNc1ccc(F)c(F)c1F)c1cc2sc3ccccc3c2s1. The van der Waals surface area contributed by atoms with E-state index in [1.807, 2.05) is 24.3 Å². The van der Waals surface area contributed by atoms with E-state index in [1.165, 1.54) is 11.3 Å². The summed E-state index contributed by atoms with van der Waals surface area (Å²) in [4.78, 5) is 12.7. The molecule has 0 saturated heterocycles. The van der Waals surface area contributed by atoms with E-state index in [0.717, 1.165) is 31.6 Å². The van der Waals surface area contributed by atoms with Gasteiger partial charge in [0.2, 0.25) is 0 Å². The molecule has 0 aliphatic heterocycles. The molecule has 1 amide bonds. The molecule has 0 saturated carbocycles. The van der Waals surface area contributed by atoms with Crippen LogP contribution >= 0.6 is 22.7 Å². The van der Waals surface area contributed by atoms with Gasteiger partial charge < -0.3 is 0 Å². The van der Waals surface area contributed by atoms with Crippen LogP contribution in [0.4, 0.5) is 18.9 Å². The van der Waals surface area contributed by atoms with E-state index in [-0.39, 0.29) is 5.69 Å². The van der Waals surface area contributed by atoms with Gasteiger partial charge in [0.1, 0.15) is 0 Å². The molecule has 0 fully saturated rings. The molecule has 0 aliphatic carbocycles. The fourth-order valence-corrected chi connectivity index (χ4v) is 4.84. The first-order valence-electron chi connectivity index (χ1n) is 7.15. The third-order valence-corrected chi connectivity index (χ3v) is 6.03. The van der Waals surface area contributed by atoms with Crippen LogP contribution < -0.4 is 10.9 Å². The second-order valence-electron chi connectivity index (χ2n) is 5.20. The van der Waals surface area contributed by atoms with Crippen LogP contribution in [0, 0.1) is 17.5 Å². The van der Waals surface area contributed by atoms with Crippen molar-refractivity contribution in [2.45, 2.75) is 0 Å². The summed E-state index contributed by atoms with van der Waals surface area (Å²) in [6.45, 7) is 0. The van der Waals surface area contributed by atoms with Crippen LogP contribution in [-0.4, -0.2) is 5.91 Å². The van der Waals surface area contributed by atoms with Crippen LogP contribution in [0.25, 0.3) is 19.5 Å². The van der Waals surface area contributed by atoms with Crippen molar-refractivity contribution < 1.29 is 18.0 Å². The number of fused-ring (bicyclic) bond motifs is 3. The molecule has 2 aromatic heterocycles. The summed E-state index contributed by atoms with van der Waals surface area (Å²) >= 11 is 2.90. The minimum Gasteiger partial charge on any atom is -0.295 e. The first kappa shape index (κ1) is 15.9. The number of halogens is 3. The molecule has 2 heterocycles. The lowest BCUT2D eigenvalue weighted by Gasteiger charge is -2.09. The summed E-state index contributed by atoms with van der Waals surface area (Å²) in [7, 11) is 0. The predicted octanol–water partition coefficient (Wildman–Crippen LogP) is 5.29. The van der Waals surface area contributed by atoms with Crippen LogP contribution in [0.1, 0.15) is 9.67 Å². The van der Waals surface area contributed by atoms with Crippen LogP contribution in [0.3, 0.4) is 0 Å². The summed E-state index contributed by atoms with van der Waals surface area (Å²) in [5, 5.41) is 1.08. The zero-order chi connectivity index (χ0) is 17.6. The highest BCUT2D eigenvalue weighted by Gasteiger charge is 2.16. The minimum absolute atomic E-state index is 0.351. The third kappa shape index (κ3) is 2.73. The fraction of sp³-hybridized carbons (Fsp3) is 0. The summed E-state index contributed by atoms with van der Waals surface area (Å²) in [5.74, 6) is -4.76. The summed E-state index contributed by atoms with van der Waals surface area (Å²) in [6, 6.07) is 11.4. The minimum atomic E-state index is -1.60. The topological polar surface area (TPSA) is 41.1 Å². The molecule has 4 rings (SSSR count). The van der Waals surface area contributed by atoms with E-state index in [2.05, 4.69) is 10.9 Å². The monoisotopic (exact) mass is 378 g/mol. The van der Waals surface area contributed by atoms with Gasteiger partial charge in [-0.05, 0) is 24.3 Å². The molecule has 2 aromatic carbocycles. The first-order valence-corrected chi connectivity index (χ1v) is 8.79. The number of amides is 1. The largest absolute Gasteiger partial charge is 0.295 e. The highest BCUT2D eigenvalue weighted by molar-refractivity contribution is 7.33. The van der Waals surface area contributed by atoms with Crippen LogP contribution in [-0.2, 0) is 0 Å². The number of thiophene rings is 2. The number of nitrogens with one attached hydrogen (secondary N) is 2. The van der Waals surface area contributed by atoms with Crippen molar-refractivity contribution >= 4 is 53.8 Å². The van der Waals surface area contributed by atoms with Gasteiger partial charge >= 0.3 is 0 Å². The number of carbonyl (C=O) groups excluding carboxylic acids is 1. The van der Waals surface area contributed by atoms with E-state index in [1.54, 1.807) is 17.4 Å². The van der Waals surface area contributed by atoms with Gasteiger partial charge in [-0.2, -0.15) is 0 Å². The molecule has 4 aromatic rings. The van der Waals surface area contributed by atoms with Crippen molar-refractivity contribution in [3.63, 3.8) is 0 Å². The molecule has 0 radical (unpaired) electrons. The van der Waals surface area contributed by atoms with E-state index in [4.69, 9.17) is 0 Å². The Morgan fingerprint density at radius 2 is 1.72 bits per heavy atom. The van der Waals surface area contributed by atoms with Crippen molar-refractivity contribution in [2.24, 2.45) is 0 Å². The standard InChI is InChI=1S/C17H9F3N2OS2/c18-9-5-6-10(15(20)14(9)19)21-22-17(23)13-7-12-16(25-13)8-3-1-2-4-11(8)24-12/h1-7,21H,(H,22,23). The molecule has 0 aliphatic rings. The Kier molecular flexibility index (Phi) is 3.85. The average molecular weight is 378 g/mol. The molecule has 0 spiro atoms. The van der Waals surface area contributed by atoms with Gasteiger partial charge in [-0.1, -0.05) is 18.2 Å². The molecular weight excluding hydrogens is 369 g/mol. The van der Waals surface area contributed by atoms with Crippen molar-refractivity contribution in [2.75, 3.05) is 5.43 Å². The summed E-state index contributed by atoms with van der Waals surface area (Å²) < 4.78 is 42.8. The molecule has 3 nitrogen and oxygen atoms in total. The molecule has 8 heteroatoms. The summed E-state index contributed by atoms with van der Waals surface area (Å²) in [6.07, 6.45) is 0. The Morgan fingerprint density at radius 1 is 0.920 bits per heavy atom. The highest BCUT2D eigenvalue weighted by atomic mass is 32.1. The number of hydrogen-bond donors (Lipinski definition) is 2. The molecular formula is C17H9F3N2OS2. The second kappa shape index (κ2) is 6.05. The Morgan fingerprint density at radius 3 is 2.56 bits per heavy atom. The van der Waals surface area contributed by atoms with Crippen molar-refractivity contribution in [1.82, 2.24) is 5.43 Å². The smallest absolute Gasteiger partial charge is 0.279 e. The number of benzene rings is 2. The van der Waals surface area contributed by atoms with Gasteiger partial charge in [-0.3, -0.25) is 15.6 Å².